The normalized spacial score (nSPS) is 17.2. The van der Waals surface area contributed by atoms with Crippen molar-refractivity contribution in [2.24, 2.45) is 0 Å². The van der Waals surface area contributed by atoms with Gasteiger partial charge in [-0.2, -0.15) is 5.10 Å². The maximum absolute atomic E-state index is 14.0. The number of benzene rings is 1. The minimum Gasteiger partial charge on any atom is -0.313 e. The first-order valence-corrected chi connectivity index (χ1v) is 8.13. The number of nitrogens with zero attached hydrogens (tertiary/aromatic N) is 4. The van der Waals surface area contributed by atoms with E-state index in [1.54, 1.807) is 0 Å². The summed E-state index contributed by atoms with van der Waals surface area (Å²) in [5.41, 5.74) is 2.99. The van der Waals surface area contributed by atoms with Crippen molar-refractivity contribution in [1.29, 1.82) is 0 Å². The molecule has 2 aromatic heterocycles. The maximum Gasteiger partial charge on any atom is 0.132 e. The monoisotopic (exact) mass is 312 g/mol. The van der Waals surface area contributed by atoms with Crippen LogP contribution in [0.4, 0.5) is 4.39 Å². The summed E-state index contributed by atoms with van der Waals surface area (Å²) in [6.45, 7) is 4.23. The lowest BCUT2D eigenvalue weighted by Gasteiger charge is -2.28. The molecule has 0 radical (unpaired) electrons. The molecule has 5 heteroatoms. The number of aryl methyl sites for hydroxylation is 1. The lowest BCUT2D eigenvalue weighted by Crippen LogP contribution is -2.31. The highest BCUT2D eigenvalue weighted by molar-refractivity contribution is 5.85. The van der Waals surface area contributed by atoms with Crippen LogP contribution in [-0.2, 0) is 0 Å². The topological polar surface area (TPSA) is 26.0 Å². The molecular weight excluding hydrogens is 291 g/mol. The summed E-state index contributed by atoms with van der Waals surface area (Å²) in [5.74, 6) is -0.174. The van der Waals surface area contributed by atoms with E-state index in [1.807, 2.05) is 36.0 Å². The average Bonchev–Trinajstić information content (AvgIpc) is 3.18. The van der Waals surface area contributed by atoms with Gasteiger partial charge < -0.3 is 9.47 Å². The molecule has 0 bridgehead atoms. The Labute approximate surface area is 135 Å². The van der Waals surface area contributed by atoms with Gasteiger partial charge in [0.25, 0.3) is 0 Å². The fourth-order valence-electron chi connectivity index (χ4n) is 3.52. The van der Waals surface area contributed by atoms with Gasteiger partial charge in [-0.1, -0.05) is 6.07 Å². The number of hydrogen-bond acceptors (Lipinski definition) is 2. The van der Waals surface area contributed by atoms with Crippen LogP contribution < -0.4 is 0 Å². The van der Waals surface area contributed by atoms with E-state index in [1.165, 1.54) is 6.07 Å². The second-order valence-electron chi connectivity index (χ2n) is 6.53. The smallest absolute Gasteiger partial charge is 0.132 e. The van der Waals surface area contributed by atoms with E-state index in [-0.39, 0.29) is 5.82 Å². The largest absolute Gasteiger partial charge is 0.313 e. The molecule has 0 unspecified atom stereocenters. The molecule has 0 amide bonds. The molecule has 3 heterocycles. The third kappa shape index (κ3) is 2.45. The van der Waals surface area contributed by atoms with E-state index >= 15 is 0 Å². The molecule has 4 nitrogen and oxygen atoms in total. The van der Waals surface area contributed by atoms with Crippen molar-refractivity contribution in [3.8, 4) is 5.69 Å². The molecule has 0 aliphatic carbocycles. The number of hydrogen-bond donors (Lipinski definition) is 0. The van der Waals surface area contributed by atoms with E-state index in [9.17, 15) is 4.39 Å². The molecule has 1 aliphatic heterocycles. The molecule has 0 spiro atoms. The number of halogens is 1. The van der Waals surface area contributed by atoms with Gasteiger partial charge in [0.05, 0.1) is 23.4 Å². The zero-order valence-electron chi connectivity index (χ0n) is 13.5. The van der Waals surface area contributed by atoms with Crippen molar-refractivity contribution in [3.63, 3.8) is 0 Å². The first-order chi connectivity index (χ1) is 11.1. The van der Waals surface area contributed by atoms with Crippen LogP contribution in [0.3, 0.4) is 0 Å². The molecular formula is C18H21FN4. The Hall–Kier alpha value is -2.14. The summed E-state index contributed by atoms with van der Waals surface area (Å²) in [6, 6.07) is 5.66. The summed E-state index contributed by atoms with van der Waals surface area (Å²) in [6.07, 6.45) is 8.13. The summed E-state index contributed by atoms with van der Waals surface area (Å²) < 4.78 is 18.1. The standard InChI is InChI=1S/C18H21FN4/c1-13-3-4-17(19)16-7-10-22(18(13)16)15-11-20-23(12-15)14-5-8-21(2)9-6-14/h3-4,7,10-12,14H,5-6,8-9H2,1-2H3. The first-order valence-electron chi connectivity index (χ1n) is 8.13. The second kappa shape index (κ2) is 5.49. The molecule has 1 aromatic carbocycles. The molecule has 1 fully saturated rings. The van der Waals surface area contributed by atoms with Crippen molar-refractivity contribution in [3.05, 3.63) is 48.2 Å². The number of likely N-dealkylation sites (tertiary alicyclic amines) is 1. The zero-order valence-corrected chi connectivity index (χ0v) is 13.5. The predicted molar refractivity (Wildman–Crippen MR) is 89.5 cm³/mol. The lowest BCUT2D eigenvalue weighted by atomic mass is 10.1. The minimum absolute atomic E-state index is 0.174. The quantitative estimate of drug-likeness (QED) is 0.723. The molecule has 0 atom stereocenters. The Morgan fingerprint density at radius 2 is 1.96 bits per heavy atom. The SMILES string of the molecule is Cc1ccc(F)c2ccn(-c3cnn(C4CCN(C)CC4)c3)c12. The first kappa shape index (κ1) is 14.5. The van der Waals surface area contributed by atoms with Gasteiger partial charge in [-0.15, -0.1) is 0 Å². The van der Waals surface area contributed by atoms with Gasteiger partial charge in [-0.05, 0) is 57.6 Å². The van der Waals surface area contributed by atoms with Crippen LogP contribution in [0.5, 0.6) is 0 Å². The number of rotatable bonds is 2. The third-order valence-corrected chi connectivity index (χ3v) is 4.93. The summed E-state index contributed by atoms with van der Waals surface area (Å²) in [5, 5.41) is 5.23. The molecule has 3 aromatic rings. The highest BCUT2D eigenvalue weighted by Crippen LogP contribution is 2.27. The van der Waals surface area contributed by atoms with Gasteiger partial charge in [-0.3, -0.25) is 4.68 Å². The lowest BCUT2D eigenvalue weighted by molar-refractivity contribution is 0.212. The van der Waals surface area contributed by atoms with Crippen molar-refractivity contribution >= 4 is 10.9 Å². The van der Waals surface area contributed by atoms with Crippen LogP contribution in [-0.4, -0.2) is 39.4 Å². The van der Waals surface area contributed by atoms with E-state index in [0.717, 1.165) is 42.7 Å². The van der Waals surface area contributed by atoms with Gasteiger partial charge in [0.2, 0.25) is 0 Å². The highest BCUT2D eigenvalue weighted by atomic mass is 19.1. The van der Waals surface area contributed by atoms with Crippen molar-refractivity contribution in [2.75, 3.05) is 20.1 Å². The summed E-state index contributed by atoms with van der Waals surface area (Å²) in [4.78, 5) is 2.35. The minimum atomic E-state index is -0.174. The Morgan fingerprint density at radius 3 is 2.74 bits per heavy atom. The van der Waals surface area contributed by atoms with E-state index in [2.05, 4.69) is 27.9 Å². The predicted octanol–water partition coefficient (Wildman–Crippen LogP) is 3.54. The van der Waals surface area contributed by atoms with Crippen molar-refractivity contribution in [2.45, 2.75) is 25.8 Å². The Balaban J connectivity index is 1.71. The second-order valence-corrected chi connectivity index (χ2v) is 6.53. The van der Waals surface area contributed by atoms with Crippen molar-refractivity contribution < 1.29 is 4.39 Å². The Bertz CT molecular complexity index is 840. The van der Waals surface area contributed by atoms with Crippen LogP contribution in [0.15, 0.2) is 36.8 Å². The fourth-order valence-corrected chi connectivity index (χ4v) is 3.52. The number of piperidine rings is 1. The highest BCUT2D eigenvalue weighted by Gasteiger charge is 2.19. The molecule has 0 N–H and O–H groups in total. The Morgan fingerprint density at radius 1 is 1.17 bits per heavy atom. The van der Waals surface area contributed by atoms with Crippen LogP contribution in [0.2, 0.25) is 0 Å². The van der Waals surface area contributed by atoms with Crippen molar-refractivity contribution in [1.82, 2.24) is 19.2 Å². The van der Waals surface area contributed by atoms with Crippen LogP contribution >= 0.6 is 0 Å². The van der Waals surface area contributed by atoms with Gasteiger partial charge in [0.15, 0.2) is 0 Å². The average molecular weight is 312 g/mol. The van der Waals surface area contributed by atoms with E-state index in [4.69, 9.17) is 0 Å². The molecule has 4 rings (SSSR count). The van der Waals surface area contributed by atoms with Gasteiger partial charge in [0, 0.05) is 17.8 Å². The van der Waals surface area contributed by atoms with Gasteiger partial charge in [0.1, 0.15) is 5.82 Å². The van der Waals surface area contributed by atoms with Crippen LogP contribution in [0.1, 0.15) is 24.4 Å². The van der Waals surface area contributed by atoms with Crippen LogP contribution in [0, 0.1) is 12.7 Å². The fraction of sp³-hybridized carbons (Fsp3) is 0.389. The molecule has 0 saturated carbocycles. The van der Waals surface area contributed by atoms with Gasteiger partial charge >= 0.3 is 0 Å². The molecule has 1 saturated heterocycles. The number of aromatic nitrogens is 3. The summed E-state index contributed by atoms with van der Waals surface area (Å²) >= 11 is 0. The van der Waals surface area contributed by atoms with Crippen LogP contribution in [0.25, 0.3) is 16.6 Å². The number of fused-ring (bicyclic) bond motifs is 1. The van der Waals surface area contributed by atoms with E-state index < -0.39 is 0 Å². The molecule has 1 aliphatic rings. The Kier molecular flexibility index (Phi) is 3.45. The maximum atomic E-state index is 14.0. The third-order valence-electron chi connectivity index (χ3n) is 4.93. The summed E-state index contributed by atoms with van der Waals surface area (Å²) in [7, 11) is 2.16. The van der Waals surface area contributed by atoms with E-state index in [0.29, 0.717) is 11.4 Å². The zero-order chi connectivity index (χ0) is 16.0. The molecule has 120 valence electrons. The molecule has 23 heavy (non-hydrogen) atoms. The van der Waals surface area contributed by atoms with Gasteiger partial charge in [-0.25, -0.2) is 4.39 Å².